The van der Waals surface area contributed by atoms with Gasteiger partial charge < -0.3 is 19.7 Å². The number of aliphatic hydroxyl groups is 2. The van der Waals surface area contributed by atoms with Crippen molar-refractivity contribution in [1.82, 2.24) is 0 Å². The van der Waals surface area contributed by atoms with Gasteiger partial charge in [0.15, 0.2) is 0 Å². The first-order valence-corrected chi connectivity index (χ1v) is 4.23. The van der Waals surface area contributed by atoms with Crippen LogP contribution in [0.1, 0.15) is 13.3 Å². The van der Waals surface area contributed by atoms with Crippen molar-refractivity contribution in [2.24, 2.45) is 0 Å². The quantitative estimate of drug-likeness (QED) is 0.550. The summed E-state index contributed by atoms with van der Waals surface area (Å²) in [4.78, 5) is 10.6. The summed E-state index contributed by atoms with van der Waals surface area (Å²) in [6, 6.07) is 0. The van der Waals surface area contributed by atoms with Gasteiger partial charge in [0.1, 0.15) is 18.3 Å². The Bertz CT molecular complexity index is 181. The molecule has 1 fully saturated rings. The maximum atomic E-state index is 10.6. The minimum Gasteiger partial charge on any atom is -0.460 e. The first-order valence-electron chi connectivity index (χ1n) is 4.23. The van der Waals surface area contributed by atoms with E-state index < -0.39 is 24.3 Å². The molecule has 0 radical (unpaired) electrons. The maximum Gasteiger partial charge on any atom is 0.302 e. The number of rotatable bonds is 2. The van der Waals surface area contributed by atoms with Crippen molar-refractivity contribution in [3.63, 3.8) is 0 Å². The molecule has 76 valence electrons. The fourth-order valence-electron chi connectivity index (χ4n) is 1.35. The molecule has 0 spiro atoms. The van der Waals surface area contributed by atoms with Crippen LogP contribution in [0.5, 0.6) is 0 Å². The van der Waals surface area contributed by atoms with E-state index in [1.165, 1.54) is 6.92 Å². The van der Waals surface area contributed by atoms with Crippen LogP contribution in [0.2, 0.25) is 0 Å². The van der Waals surface area contributed by atoms with Crippen LogP contribution >= 0.6 is 0 Å². The monoisotopic (exact) mass is 190 g/mol. The molecule has 0 aliphatic carbocycles. The van der Waals surface area contributed by atoms with Crippen molar-refractivity contribution in [1.29, 1.82) is 0 Å². The van der Waals surface area contributed by atoms with Gasteiger partial charge in [0, 0.05) is 13.3 Å². The van der Waals surface area contributed by atoms with Crippen LogP contribution in [0.3, 0.4) is 0 Å². The molecule has 0 aromatic carbocycles. The molecule has 1 aliphatic rings. The third kappa shape index (κ3) is 2.65. The van der Waals surface area contributed by atoms with Gasteiger partial charge in [-0.05, 0) is 0 Å². The van der Waals surface area contributed by atoms with E-state index in [0.717, 1.165) is 0 Å². The minimum absolute atomic E-state index is 0.265. The predicted molar refractivity (Wildman–Crippen MR) is 43.0 cm³/mol. The zero-order chi connectivity index (χ0) is 9.84. The molecule has 5 heteroatoms. The van der Waals surface area contributed by atoms with E-state index in [-0.39, 0.29) is 6.61 Å². The summed E-state index contributed by atoms with van der Waals surface area (Å²) < 4.78 is 9.92. The van der Waals surface area contributed by atoms with Gasteiger partial charge >= 0.3 is 5.97 Å². The number of hydrogen-bond donors (Lipinski definition) is 2. The zero-order valence-electron chi connectivity index (χ0n) is 7.47. The highest BCUT2D eigenvalue weighted by Gasteiger charge is 2.34. The normalized spacial score (nSPS) is 34.2. The lowest BCUT2D eigenvalue weighted by Gasteiger charge is -2.33. The van der Waals surface area contributed by atoms with Gasteiger partial charge in [0.2, 0.25) is 0 Å². The van der Waals surface area contributed by atoms with Crippen molar-refractivity contribution >= 4 is 5.97 Å². The molecule has 1 saturated heterocycles. The second-order valence-electron chi connectivity index (χ2n) is 3.02. The number of carbonyl (C=O) groups excluding carboxylic acids is 1. The van der Waals surface area contributed by atoms with Gasteiger partial charge in [-0.25, -0.2) is 0 Å². The Hall–Kier alpha value is -0.650. The molecular weight excluding hydrogens is 176 g/mol. The smallest absolute Gasteiger partial charge is 0.302 e. The molecule has 1 aliphatic heterocycles. The highest BCUT2D eigenvalue weighted by atomic mass is 16.6. The molecular formula is C8H14O5. The fraction of sp³-hybridized carbons (Fsp3) is 0.875. The number of hydrogen-bond acceptors (Lipinski definition) is 5. The molecule has 0 aromatic heterocycles. The largest absolute Gasteiger partial charge is 0.460 e. The molecule has 0 saturated carbocycles. The molecule has 5 nitrogen and oxygen atoms in total. The SMILES string of the molecule is CC(=O)O[C@@H]1CCO[C@H](CO)[C@@H]1O. The topological polar surface area (TPSA) is 76.0 Å². The Morgan fingerprint density at radius 1 is 1.69 bits per heavy atom. The van der Waals surface area contributed by atoms with E-state index in [4.69, 9.17) is 14.6 Å². The van der Waals surface area contributed by atoms with Crippen LogP contribution in [-0.4, -0.2) is 47.7 Å². The molecule has 2 N–H and O–H groups in total. The second-order valence-corrected chi connectivity index (χ2v) is 3.02. The van der Waals surface area contributed by atoms with Crippen LogP contribution in [0.4, 0.5) is 0 Å². The van der Waals surface area contributed by atoms with E-state index >= 15 is 0 Å². The van der Waals surface area contributed by atoms with Gasteiger partial charge in [0.25, 0.3) is 0 Å². The molecule has 1 heterocycles. The van der Waals surface area contributed by atoms with Gasteiger partial charge in [0.05, 0.1) is 13.2 Å². The summed E-state index contributed by atoms with van der Waals surface area (Å²) in [5, 5.41) is 18.3. The van der Waals surface area contributed by atoms with Crippen molar-refractivity contribution in [2.45, 2.75) is 31.7 Å². The molecule has 3 atom stereocenters. The lowest BCUT2D eigenvalue weighted by Crippen LogP contribution is -2.48. The Morgan fingerprint density at radius 3 is 2.92 bits per heavy atom. The second kappa shape index (κ2) is 4.55. The van der Waals surface area contributed by atoms with E-state index in [1.807, 2.05) is 0 Å². The van der Waals surface area contributed by atoms with E-state index in [1.54, 1.807) is 0 Å². The predicted octanol–water partition coefficient (Wildman–Crippen LogP) is -0.940. The van der Waals surface area contributed by atoms with Crippen molar-refractivity contribution in [3.05, 3.63) is 0 Å². The Labute approximate surface area is 76.3 Å². The highest BCUT2D eigenvalue weighted by molar-refractivity contribution is 5.66. The van der Waals surface area contributed by atoms with Gasteiger partial charge in [-0.1, -0.05) is 0 Å². The van der Waals surface area contributed by atoms with Crippen LogP contribution in [0.25, 0.3) is 0 Å². The van der Waals surface area contributed by atoms with Crippen LogP contribution in [0.15, 0.2) is 0 Å². The number of carbonyl (C=O) groups is 1. The van der Waals surface area contributed by atoms with E-state index in [9.17, 15) is 9.90 Å². The molecule has 13 heavy (non-hydrogen) atoms. The van der Waals surface area contributed by atoms with Gasteiger partial charge in [-0.3, -0.25) is 4.79 Å². The third-order valence-corrected chi connectivity index (χ3v) is 1.99. The summed E-state index contributed by atoms with van der Waals surface area (Å²) in [6.45, 7) is 1.41. The van der Waals surface area contributed by atoms with E-state index in [2.05, 4.69) is 0 Å². The van der Waals surface area contributed by atoms with Crippen molar-refractivity contribution < 1.29 is 24.5 Å². The number of esters is 1. The Balaban J connectivity index is 2.49. The first kappa shape index (κ1) is 10.4. The standard InChI is InChI=1S/C8H14O5/c1-5(10)13-6-2-3-12-7(4-9)8(6)11/h6-9,11H,2-4H2,1H3/t6-,7-,8-/m1/s1. The van der Waals surface area contributed by atoms with Crippen molar-refractivity contribution in [3.8, 4) is 0 Å². The highest BCUT2D eigenvalue weighted by Crippen LogP contribution is 2.17. The van der Waals surface area contributed by atoms with Crippen LogP contribution in [-0.2, 0) is 14.3 Å². The Morgan fingerprint density at radius 2 is 2.38 bits per heavy atom. The number of aliphatic hydroxyl groups excluding tert-OH is 2. The van der Waals surface area contributed by atoms with Gasteiger partial charge in [-0.2, -0.15) is 0 Å². The van der Waals surface area contributed by atoms with E-state index in [0.29, 0.717) is 13.0 Å². The summed E-state index contributed by atoms with van der Waals surface area (Å²) in [7, 11) is 0. The number of ether oxygens (including phenoxy) is 2. The van der Waals surface area contributed by atoms with Gasteiger partial charge in [-0.15, -0.1) is 0 Å². The average molecular weight is 190 g/mol. The molecule has 0 bridgehead atoms. The third-order valence-electron chi connectivity index (χ3n) is 1.99. The molecule has 0 unspecified atom stereocenters. The lowest BCUT2D eigenvalue weighted by atomic mass is 10.0. The Kier molecular flexibility index (Phi) is 3.65. The van der Waals surface area contributed by atoms with Crippen LogP contribution in [0, 0.1) is 0 Å². The summed E-state index contributed by atoms with van der Waals surface area (Å²) in [5.41, 5.74) is 0. The first-order chi connectivity index (χ1) is 6.15. The maximum absolute atomic E-state index is 10.6. The lowest BCUT2D eigenvalue weighted by molar-refractivity contribution is -0.179. The fourth-order valence-corrected chi connectivity index (χ4v) is 1.35. The average Bonchev–Trinajstić information content (AvgIpc) is 2.08. The molecule has 1 rings (SSSR count). The molecule has 0 amide bonds. The summed E-state index contributed by atoms with van der Waals surface area (Å²) in [6.07, 6.45) is -1.65. The zero-order valence-corrected chi connectivity index (χ0v) is 7.47. The summed E-state index contributed by atoms with van der Waals surface area (Å²) in [5.74, 6) is -0.428. The van der Waals surface area contributed by atoms with Crippen LogP contribution < -0.4 is 0 Å². The van der Waals surface area contributed by atoms with Crippen molar-refractivity contribution in [2.75, 3.05) is 13.2 Å². The molecule has 0 aromatic rings. The summed E-state index contributed by atoms with van der Waals surface area (Å²) >= 11 is 0. The minimum atomic E-state index is -0.928.